The molecule has 0 atom stereocenters. The van der Waals surface area contributed by atoms with Crippen LogP contribution in [0.4, 0.5) is 0 Å². The number of hydrogen-bond donors (Lipinski definition) is 1. The summed E-state index contributed by atoms with van der Waals surface area (Å²) < 4.78 is 0.769. The van der Waals surface area contributed by atoms with Crippen molar-refractivity contribution in [3.63, 3.8) is 0 Å². The fourth-order valence-electron chi connectivity index (χ4n) is 1.96. The van der Waals surface area contributed by atoms with E-state index in [2.05, 4.69) is 15.9 Å². The standard InChI is InChI=1S/C16H15BrN2O2/c1-19(16(21)13-4-2-3-5-14(13)17)10-11-6-8-12(9-7-11)15(18)20/h2-9H,10H2,1H3,(H2,18,20). The number of amides is 2. The quantitative estimate of drug-likeness (QED) is 0.924. The van der Waals surface area contributed by atoms with E-state index in [-0.39, 0.29) is 5.91 Å². The molecule has 4 nitrogen and oxygen atoms in total. The molecule has 2 rings (SSSR count). The first-order valence-corrected chi connectivity index (χ1v) is 7.17. The van der Waals surface area contributed by atoms with Crippen molar-refractivity contribution in [2.75, 3.05) is 7.05 Å². The Morgan fingerprint density at radius 2 is 1.71 bits per heavy atom. The average molecular weight is 347 g/mol. The van der Waals surface area contributed by atoms with E-state index in [9.17, 15) is 9.59 Å². The van der Waals surface area contributed by atoms with Crippen molar-refractivity contribution in [3.05, 3.63) is 69.7 Å². The molecule has 0 aromatic heterocycles. The third-order valence-electron chi connectivity index (χ3n) is 3.11. The number of carbonyl (C=O) groups is 2. The number of carbonyl (C=O) groups excluding carboxylic acids is 2. The van der Waals surface area contributed by atoms with Gasteiger partial charge in [0, 0.05) is 23.6 Å². The molecule has 0 fully saturated rings. The predicted molar refractivity (Wildman–Crippen MR) is 84.9 cm³/mol. The summed E-state index contributed by atoms with van der Waals surface area (Å²) in [6.45, 7) is 0.458. The lowest BCUT2D eigenvalue weighted by Crippen LogP contribution is -2.26. The summed E-state index contributed by atoms with van der Waals surface area (Å²) in [5.41, 5.74) is 7.21. The van der Waals surface area contributed by atoms with E-state index in [1.54, 1.807) is 42.3 Å². The lowest BCUT2D eigenvalue weighted by Gasteiger charge is -2.18. The summed E-state index contributed by atoms with van der Waals surface area (Å²) >= 11 is 3.38. The fourth-order valence-corrected chi connectivity index (χ4v) is 2.41. The smallest absolute Gasteiger partial charge is 0.255 e. The summed E-state index contributed by atoms with van der Waals surface area (Å²) in [5, 5.41) is 0. The minimum Gasteiger partial charge on any atom is -0.366 e. The van der Waals surface area contributed by atoms with Crippen LogP contribution in [0.3, 0.4) is 0 Å². The maximum Gasteiger partial charge on any atom is 0.255 e. The van der Waals surface area contributed by atoms with Gasteiger partial charge in [-0.15, -0.1) is 0 Å². The molecular formula is C16H15BrN2O2. The first-order chi connectivity index (χ1) is 9.99. The van der Waals surface area contributed by atoms with Crippen molar-refractivity contribution in [2.45, 2.75) is 6.54 Å². The molecule has 0 bridgehead atoms. The Labute approximate surface area is 131 Å². The molecule has 0 saturated carbocycles. The van der Waals surface area contributed by atoms with Crippen molar-refractivity contribution in [3.8, 4) is 0 Å². The highest BCUT2D eigenvalue weighted by atomic mass is 79.9. The highest BCUT2D eigenvalue weighted by Gasteiger charge is 2.14. The Kier molecular flexibility index (Phi) is 4.75. The van der Waals surface area contributed by atoms with Gasteiger partial charge in [-0.2, -0.15) is 0 Å². The van der Waals surface area contributed by atoms with Crippen LogP contribution in [-0.2, 0) is 6.54 Å². The highest BCUT2D eigenvalue weighted by molar-refractivity contribution is 9.10. The number of hydrogen-bond acceptors (Lipinski definition) is 2. The van der Waals surface area contributed by atoms with Gasteiger partial charge in [-0.3, -0.25) is 9.59 Å². The van der Waals surface area contributed by atoms with E-state index in [4.69, 9.17) is 5.73 Å². The minimum absolute atomic E-state index is 0.0681. The Bertz CT molecular complexity index is 668. The first-order valence-electron chi connectivity index (χ1n) is 6.38. The summed E-state index contributed by atoms with van der Waals surface area (Å²) in [7, 11) is 1.74. The van der Waals surface area contributed by atoms with Gasteiger partial charge in [-0.1, -0.05) is 24.3 Å². The van der Waals surface area contributed by atoms with Crippen molar-refractivity contribution >= 4 is 27.7 Å². The van der Waals surface area contributed by atoms with Crippen molar-refractivity contribution in [1.29, 1.82) is 0 Å². The zero-order chi connectivity index (χ0) is 15.4. The van der Waals surface area contributed by atoms with E-state index in [0.717, 1.165) is 10.0 Å². The normalized spacial score (nSPS) is 10.2. The molecule has 21 heavy (non-hydrogen) atoms. The van der Waals surface area contributed by atoms with Gasteiger partial charge in [0.15, 0.2) is 0 Å². The van der Waals surface area contributed by atoms with E-state index in [1.807, 2.05) is 18.2 Å². The van der Waals surface area contributed by atoms with Crippen LogP contribution in [0.25, 0.3) is 0 Å². The molecule has 0 heterocycles. The number of halogens is 1. The van der Waals surface area contributed by atoms with Gasteiger partial charge in [0.05, 0.1) is 5.56 Å². The Morgan fingerprint density at radius 3 is 2.29 bits per heavy atom. The zero-order valence-corrected chi connectivity index (χ0v) is 13.1. The lowest BCUT2D eigenvalue weighted by molar-refractivity contribution is 0.0784. The third-order valence-corrected chi connectivity index (χ3v) is 3.80. The second-order valence-corrected chi connectivity index (χ2v) is 5.56. The summed E-state index contributed by atoms with van der Waals surface area (Å²) in [6.07, 6.45) is 0. The topological polar surface area (TPSA) is 63.4 Å². The van der Waals surface area contributed by atoms with Crippen LogP contribution in [0.2, 0.25) is 0 Å². The second-order valence-electron chi connectivity index (χ2n) is 4.70. The number of nitrogens with two attached hydrogens (primary N) is 1. The number of primary amides is 1. The van der Waals surface area contributed by atoms with Crippen molar-refractivity contribution in [2.24, 2.45) is 5.73 Å². The van der Waals surface area contributed by atoms with Crippen LogP contribution in [0.15, 0.2) is 53.0 Å². The van der Waals surface area contributed by atoms with Gasteiger partial charge in [0.2, 0.25) is 5.91 Å². The third kappa shape index (κ3) is 3.70. The second kappa shape index (κ2) is 6.54. The van der Waals surface area contributed by atoms with E-state index < -0.39 is 5.91 Å². The van der Waals surface area contributed by atoms with Crippen molar-refractivity contribution < 1.29 is 9.59 Å². The monoisotopic (exact) mass is 346 g/mol. The first kappa shape index (κ1) is 15.3. The van der Waals surface area contributed by atoms with Crippen LogP contribution in [-0.4, -0.2) is 23.8 Å². The van der Waals surface area contributed by atoms with Crippen LogP contribution in [0, 0.1) is 0 Å². The molecule has 5 heteroatoms. The Hall–Kier alpha value is -2.14. The van der Waals surface area contributed by atoms with Gasteiger partial charge < -0.3 is 10.6 Å². The Morgan fingerprint density at radius 1 is 1.10 bits per heavy atom. The van der Waals surface area contributed by atoms with Gasteiger partial charge in [0.25, 0.3) is 5.91 Å². The molecule has 0 unspecified atom stereocenters. The molecule has 0 aliphatic rings. The summed E-state index contributed by atoms with van der Waals surface area (Å²) in [5.74, 6) is -0.527. The molecule has 2 aromatic rings. The lowest BCUT2D eigenvalue weighted by atomic mass is 10.1. The van der Waals surface area contributed by atoms with Crippen molar-refractivity contribution in [1.82, 2.24) is 4.90 Å². The van der Waals surface area contributed by atoms with Gasteiger partial charge in [-0.25, -0.2) is 0 Å². The molecule has 0 radical (unpaired) electrons. The van der Waals surface area contributed by atoms with Crippen LogP contribution in [0.1, 0.15) is 26.3 Å². The Balaban J connectivity index is 2.10. The SMILES string of the molecule is CN(Cc1ccc(C(N)=O)cc1)C(=O)c1ccccc1Br. The largest absolute Gasteiger partial charge is 0.366 e. The number of rotatable bonds is 4. The van der Waals surface area contributed by atoms with Crippen LogP contribution >= 0.6 is 15.9 Å². The van der Waals surface area contributed by atoms with E-state index in [1.165, 1.54) is 0 Å². The molecule has 0 saturated heterocycles. The van der Waals surface area contributed by atoms with Gasteiger partial charge in [-0.05, 0) is 45.8 Å². The van der Waals surface area contributed by atoms with E-state index >= 15 is 0 Å². The molecular weight excluding hydrogens is 332 g/mol. The summed E-state index contributed by atoms with van der Waals surface area (Å²) in [4.78, 5) is 25.0. The molecule has 2 aromatic carbocycles. The van der Waals surface area contributed by atoms with Gasteiger partial charge in [0.1, 0.15) is 0 Å². The molecule has 2 amide bonds. The molecule has 108 valence electrons. The maximum atomic E-state index is 12.4. The fraction of sp³-hybridized carbons (Fsp3) is 0.125. The van der Waals surface area contributed by atoms with E-state index in [0.29, 0.717) is 17.7 Å². The molecule has 0 aliphatic heterocycles. The maximum absolute atomic E-state index is 12.4. The number of nitrogens with zero attached hydrogens (tertiary/aromatic N) is 1. The van der Waals surface area contributed by atoms with Crippen LogP contribution in [0.5, 0.6) is 0 Å². The highest BCUT2D eigenvalue weighted by Crippen LogP contribution is 2.18. The molecule has 0 spiro atoms. The van der Waals surface area contributed by atoms with Crippen LogP contribution < -0.4 is 5.73 Å². The predicted octanol–water partition coefficient (Wildman–Crippen LogP) is 2.82. The molecule has 0 aliphatic carbocycles. The number of benzene rings is 2. The molecule has 2 N–H and O–H groups in total. The average Bonchev–Trinajstić information content (AvgIpc) is 2.47. The summed E-state index contributed by atoms with van der Waals surface area (Å²) in [6, 6.07) is 14.2. The van der Waals surface area contributed by atoms with Gasteiger partial charge >= 0.3 is 0 Å². The minimum atomic E-state index is -0.459. The zero-order valence-electron chi connectivity index (χ0n) is 11.5.